The Morgan fingerprint density at radius 1 is 1.09 bits per heavy atom. The van der Waals surface area contributed by atoms with Gasteiger partial charge in [0.1, 0.15) is 6.04 Å². The summed E-state index contributed by atoms with van der Waals surface area (Å²) in [6.07, 6.45) is 2.08. The van der Waals surface area contributed by atoms with E-state index in [1.807, 2.05) is 0 Å². The van der Waals surface area contributed by atoms with Gasteiger partial charge in [-0.3, -0.25) is 15.0 Å². The summed E-state index contributed by atoms with van der Waals surface area (Å²) in [5.41, 5.74) is 6.60. The summed E-state index contributed by atoms with van der Waals surface area (Å²) < 4.78 is 0. The third kappa shape index (κ3) is 6.61. The Balaban J connectivity index is 1.59. The number of guanidine groups is 1. The molecule has 0 unspecified atom stereocenters. The molecule has 0 heterocycles. The zero-order valence-electron chi connectivity index (χ0n) is 18.1. The summed E-state index contributed by atoms with van der Waals surface area (Å²) >= 11 is 12.1. The number of carbonyl (C=O) groups is 3. The van der Waals surface area contributed by atoms with Gasteiger partial charge in [-0.15, -0.1) is 0 Å². The van der Waals surface area contributed by atoms with Crippen molar-refractivity contribution in [2.24, 2.45) is 11.7 Å². The maximum atomic E-state index is 12.6. The topological polar surface area (TPSA) is 157 Å². The lowest BCUT2D eigenvalue weighted by molar-refractivity contribution is -0.139. The molecular formula is C23H25Cl2N5O4. The fourth-order valence-electron chi connectivity index (χ4n) is 3.92. The fraction of sp³-hybridized carbons (Fsp3) is 0.304. The third-order valence-electron chi connectivity index (χ3n) is 5.62. The van der Waals surface area contributed by atoms with Gasteiger partial charge in [0.15, 0.2) is 5.96 Å². The van der Waals surface area contributed by atoms with Crippen LogP contribution in [0, 0.1) is 11.3 Å². The lowest BCUT2D eigenvalue weighted by Crippen LogP contribution is -2.42. The number of aliphatic carboxylic acids is 1. The molecule has 2 aromatic carbocycles. The van der Waals surface area contributed by atoms with E-state index >= 15 is 0 Å². The van der Waals surface area contributed by atoms with Gasteiger partial charge >= 0.3 is 5.97 Å². The fourth-order valence-corrected chi connectivity index (χ4v) is 4.49. The number of anilines is 1. The molecule has 0 aliphatic heterocycles. The Morgan fingerprint density at radius 3 is 2.32 bits per heavy atom. The average molecular weight is 506 g/mol. The highest BCUT2D eigenvalue weighted by Crippen LogP contribution is 2.27. The maximum absolute atomic E-state index is 12.6. The minimum Gasteiger partial charge on any atom is -0.480 e. The highest BCUT2D eigenvalue weighted by atomic mass is 35.5. The van der Waals surface area contributed by atoms with Crippen molar-refractivity contribution in [2.45, 2.75) is 37.8 Å². The third-order valence-corrected chi connectivity index (χ3v) is 6.25. The van der Waals surface area contributed by atoms with Gasteiger partial charge in [-0.25, -0.2) is 4.79 Å². The van der Waals surface area contributed by atoms with E-state index in [0.29, 0.717) is 24.1 Å². The first kappa shape index (κ1) is 25.3. The minimum absolute atomic E-state index is 0.0134. The van der Waals surface area contributed by atoms with Crippen LogP contribution < -0.4 is 21.7 Å². The van der Waals surface area contributed by atoms with Gasteiger partial charge in [-0.1, -0.05) is 41.4 Å². The van der Waals surface area contributed by atoms with Gasteiger partial charge in [-0.05, 0) is 49.1 Å². The molecule has 0 bridgehead atoms. The van der Waals surface area contributed by atoms with Crippen molar-refractivity contribution >= 4 is 52.6 Å². The van der Waals surface area contributed by atoms with E-state index in [1.54, 1.807) is 30.3 Å². The Morgan fingerprint density at radius 2 is 1.74 bits per heavy atom. The van der Waals surface area contributed by atoms with E-state index in [1.165, 1.54) is 12.1 Å². The molecule has 1 fully saturated rings. The van der Waals surface area contributed by atoms with Crippen LogP contribution >= 0.6 is 23.2 Å². The normalized spacial score (nSPS) is 18.1. The Kier molecular flexibility index (Phi) is 8.36. The van der Waals surface area contributed by atoms with Crippen molar-refractivity contribution in [3.05, 3.63) is 63.6 Å². The molecule has 2 aromatic rings. The second-order valence-corrected chi connectivity index (χ2v) is 8.93. The van der Waals surface area contributed by atoms with E-state index in [4.69, 9.17) is 34.3 Å². The van der Waals surface area contributed by atoms with Gasteiger partial charge in [0.2, 0.25) is 5.91 Å². The van der Waals surface area contributed by atoms with E-state index in [0.717, 1.165) is 6.42 Å². The summed E-state index contributed by atoms with van der Waals surface area (Å²) in [6, 6.07) is 10.1. The number of carbonyl (C=O) groups excluding carboxylic acids is 2. The molecule has 2 amide bonds. The minimum atomic E-state index is -1.20. The first-order valence-corrected chi connectivity index (χ1v) is 11.4. The molecule has 11 heteroatoms. The Labute approximate surface area is 206 Å². The van der Waals surface area contributed by atoms with Crippen LogP contribution in [0.5, 0.6) is 0 Å². The average Bonchev–Trinajstić information content (AvgIpc) is 3.22. The zero-order valence-corrected chi connectivity index (χ0v) is 19.6. The van der Waals surface area contributed by atoms with Crippen molar-refractivity contribution in [1.29, 1.82) is 5.41 Å². The van der Waals surface area contributed by atoms with Gasteiger partial charge in [0, 0.05) is 24.1 Å². The summed E-state index contributed by atoms with van der Waals surface area (Å²) in [6.45, 7) is 0. The molecule has 1 aliphatic carbocycles. The van der Waals surface area contributed by atoms with Gasteiger partial charge in [0.05, 0.1) is 15.6 Å². The largest absolute Gasteiger partial charge is 0.480 e. The Bertz CT molecular complexity index is 1070. The number of halogens is 2. The first-order chi connectivity index (χ1) is 16.1. The predicted octanol–water partition coefficient (Wildman–Crippen LogP) is 3.01. The van der Waals surface area contributed by atoms with Crippen LogP contribution in [-0.4, -0.2) is 40.9 Å². The van der Waals surface area contributed by atoms with Crippen molar-refractivity contribution < 1.29 is 19.5 Å². The van der Waals surface area contributed by atoms with Crippen LogP contribution in [0.25, 0.3) is 0 Å². The van der Waals surface area contributed by atoms with E-state index in [2.05, 4.69) is 16.0 Å². The quantitative estimate of drug-likeness (QED) is 0.239. The number of nitrogens with one attached hydrogen (secondary N) is 4. The molecule has 0 spiro atoms. The summed E-state index contributed by atoms with van der Waals surface area (Å²) in [5.74, 6) is -2.29. The number of carboxylic acids is 1. The lowest BCUT2D eigenvalue weighted by atomic mass is 10.0. The molecule has 180 valence electrons. The van der Waals surface area contributed by atoms with Crippen molar-refractivity contribution in [1.82, 2.24) is 10.6 Å². The van der Waals surface area contributed by atoms with E-state index in [9.17, 15) is 19.5 Å². The van der Waals surface area contributed by atoms with Crippen LogP contribution in [-0.2, 0) is 16.0 Å². The van der Waals surface area contributed by atoms with Crippen LogP contribution in [0.2, 0.25) is 10.0 Å². The standard InChI is InChI=1S/C23H25Cl2N5O4/c24-16-2-1-3-17(25)19(16)21(32)30-18(22(33)34)10-12-4-7-14(8-5-12)28-20(31)13-6-9-15(11-13)29-23(26)27/h1-5,7-8,13,15,18H,6,9-11H2,(H,28,31)(H,30,32)(H,33,34)(H4,26,27,29)/t13-,15-,18+/m1/s1. The van der Waals surface area contributed by atoms with E-state index < -0.39 is 17.9 Å². The molecule has 0 saturated heterocycles. The number of carboxylic acid groups (broad SMARTS) is 1. The summed E-state index contributed by atoms with van der Waals surface area (Å²) in [7, 11) is 0. The Hall–Kier alpha value is -3.30. The zero-order chi connectivity index (χ0) is 24.8. The second kappa shape index (κ2) is 11.2. The maximum Gasteiger partial charge on any atom is 0.326 e. The number of nitrogens with two attached hydrogens (primary N) is 1. The molecule has 1 saturated carbocycles. The van der Waals surface area contributed by atoms with Gasteiger partial charge in [0.25, 0.3) is 5.91 Å². The van der Waals surface area contributed by atoms with Crippen LogP contribution in [0.3, 0.4) is 0 Å². The second-order valence-electron chi connectivity index (χ2n) is 8.12. The SMILES string of the molecule is N=C(N)N[C@@H]1CC[C@@H](C(=O)Nc2ccc(C[C@H](NC(=O)c3c(Cl)cccc3Cl)C(=O)O)cc2)C1. The number of rotatable bonds is 8. The number of hydrogen-bond acceptors (Lipinski definition) is 4. The predicted molar refractivity (Wildman–Crippen MR) is 130 cm³/mol. The van der Waals surface area contributed by atoms with Crippen LogP contribution in [0.1, 0.15) is 35.2 Å². The molecule has 0 radical (unpaired) electrons. The molecule has 1 aliphatic rings. The van der Waals surface area contributed by atoms with Crippen LogP contribution in [0.4, 0.5) is 5.69 Å². The number of hydrogen-bond donors (Lipinski definition) is 6. The number of benzene rings is 2. The molecular weight excluding hydrogens is 481 g/mol. The highest BCUT2D eigenvalue weighted by molar-refractivity contribution is 6.39. The van der Waals surface area contributed by atoms with Crippen molar-refractivity contribution in [2.75, 3.05) is 5.32 Å². The molecule has 9 nitrogen and oxygen atoms in total. The first-order valence-electron chi connectivity index (χ1n) is 10.6. The van der Waals surface area contributed by atoms with Crippen molar-refractivity contribution in [3.8, 4) is 0 Å². The molecule has 0 aromatic heterocycles. The van der Waals surface area contributed by atoms with E-state index in [-0.39, 0.29) is 45.9 Å². The summed E-state index contributed by atoms with van der Waals surface area (Å²) in [5, 5.41) is 25.3. The van der Waals surface area contributed by atoms with Gasteiger partial charge < -0.3 is 26.8 Å². The van der Waals surface area contributed by atoms with Crippen LogP contribution in [0.15, 0.2) is 42.5 Å². The highest BCUT2D eigenvalue weighted by Gasteiger charge is 2.30. The molecule has 3 atom stereocenters. The monoisotopic (exact) mass is 505 g/mol. The van der Waals surface area contributed by atoms with Crippen molar-refractivity contribution in [3.63, 3.8) is 0 Å². The van der Waals surface area contributed by atoms with Gasteiger partial charge in [-0.2, -0.15) is 0 Å². The summed E-state index contributed by atoms with van der Waals surface area (Å²) in [4.78, 5) is 36.8. The number of amides is 2. The molecule has 34 heavy (non-hydrogen) atoms. The smallest absolute Gasteiger partial charge is 0.326 e. The lowest BCUT2D eigenvalue weighted by Gasteiger charge is -2.16. The molecule has 3 rings (SSSR count). The molecule has 7 N–H and O–H groups in total.